The molecule has 0 atom stereocenters. The summed E-state index contributed by atoms with van der Waals surface area (Å²) in [6.07, 6.45) is 2.71. The molecule has 0 fully saturated rings. The number of nitrogens with one attached hydrogen (secondary N) is 1. The van der Waals surface area contributed by atoms with E-state index in [0.29, 0.717) is 5.69 Å². The molecular formula is C10H9N5O. The van der Waals surface area contributed by atoms with Crippen molar-refractivity contribution < 1.29 is 4.79 Å². The summed E-state index contributed by atoms with van der Waals surface area (Å²) in [6.45, 7) is 3.37. The van der Waals surface area contributed by atoms with E-state index < -0.39 is 0 Å². The van der Waals surface area contributed by atoms with Crippen molar-refractivity contribution in [3.63, 3.8) is 0 Å². The van der Waals surface area contributed by atoms with Gasteiger partial charge in [0.25, 0.3) is 0 Å². The third-order valence-electron chi connectivity index (χ3n) is 1.93. The van der Waals surface area contributed by atoms with Crippen LogP contribution in [0.2, 0.25) is 0 Å². The van der Waals surface area contributed by atoms with Crippen molar-refractivity contribution in [2.24, 2.45) is 0 Å². The molecule has 16 heavy (non-hydrogen) atoms. The van der Waals surface area contributed by atoms with Crippen LogP contribution in [0.4, 0.5) is 5.69 Å². The first kappa shape index (κ1) is 10.0. The number of carbonyl (C=O) groups excluding carboxylic acids is 1. The molecular weight excluding hydrogens is 206 g/mol. The maximum atomic E-state index is 11.0. The second-order valence-electron chi connectivity index (χ2n) is 2.99. The lowest BCUT2D eigenvalue weighted by atomic mass is 10.3. The largest absolute Gasteiger partial charge is 0.323 e. The number of nitrogens with zero attached hydrogens (tertiary/aromatic N) is 4. The SMILES string of the molecule is C=CC(=O)Nc1ccc(-n2cnnn2)cc1. The van der Waals surface area contributed by atoms with Crippen LogP contribution in [0.1, 0.15) is 0 Å². The van der Waals surface area contributed by atoms with E-state index in [0.717, 1.165) is 5.69 Å². The maximum Gasteiger partial charge on any atom is 0.247 e. The fourth-order valence-corrected chi connectivity index (χ4v) is 1.17. The normalized spacial score (nSPS) is 9.75. The molecule has 6 nitrogen and oxygen atoms in total. The fraction of sp³-hybridized carbons (Fsp3) is 0. The van der Waals surface area contributed by atoms with Gasteiger partial charge in [-0.3, -0.25) is 4.79 Å². The Kier molecular flexibility index (Phi) is 2.73. The Hall–Kier alpha value is -2.50. The third kappa shape index (κ3) is 2.11. The van der Waals surface area contributed by atoms with Crippen LogP contribution >= 0.6 is 0 Å². The third-order valence-corrected chi connectivity index (χ3v) is 1.93. The summed E-state index contributed by atoms with van der Waals surface area (Å²) in [7, 11) is 0. The van der Waals surface area contributed by atoms with E-state index in [9.17, 15) is 4.79 Å². The molecule has 0 aliphatic rings. The first-order valence-electron chi connectivity index (χ1n) is 4.56. The molecule has 0 saturated heterocycles. The predicted octanol–water partition coefficient (Wildman–Crippen LogP) is 0.787. The summed E-state index contributed by atoms with van der Waals surface area (Å²) in [5.41, 5.74) is 1.52. The van der Waals surface area contributed by atoms with Crippen LogP contribution in [-0.4, -0.2) is 26.1 Å². The predicted molar refractivity (Wildman–Crippen MR) is 58.0 cm³/mol. The lowest BCUT2D eigenvalue weighted by Crippen LogP contribution is -2.07. The summed E-state index contributed by atoms with van der Waals surface area (Å²) in [6, 6.07) is 7.13. The summed E-state index contributed by atoms with van der Waals surface area (Å²) >= 11 is 0. The Labute approximate surface area is 91.6 Å². The smallest absolute Gasteiger partial charge is 0.247 e. The molecule has 1 aromatic carbocycles. The van der Waals surface area contributed by atoms with Crippen LogP contribution in [-0.2, 0) is 4.79 Å². The minimum absolute atomic E-state index is 0.241. The minimum atomic E-state index is -0.241. The zero-order valence-electron chi connectivity index (χ0n) is 8.37. The fourth-order valence-electron chi connectivity index (χ4n) is 1.17. The number of tetrazole rings is 1. The zero-order chi connectivity index (χ0) is 11.4. The Morgan fingerprint density at radius 2 is 2.12 bits per heavy atom. The van der Waals surface area contributed by atoms with Crippen molar-refractivity contribution in [2.75, 3.05) is 5.32 Å². The molecule has 80 valence electrons. The molecule has 1 amide bonds. The standard InChI is InChI=1S/C10H9N5O/c1-2-10(16)12-8-3-5-9(6-4-8)15-7-11-13-14-15/h2-7H,1H2,(H,12,16). The van der Waals surface area contributed by atoms with E-state index >= 15 is 0 Å². The van der Waals surface area contributed by atoms with Gasteiger partial charge in [-0.1, -0.05) is 6.58 Å². The van der Waals surface area contributed by atoms with Gasteiger partial charge in [0.1, 0.15) is 6.33 Å². The summed E-state index contributed by atoms with van der Waals surface area (Å²) in [4.78, 5) is 11.0. The highest BCUT2D eigenvalue weighted by Gasteiger charge is 1.99. The van der Waals surface area contributed by atoms with Crippen LogP contribution in [0.15, 0.2) is 43.2 Å². The van der Waals surface area contributed by atoms with Crippen LogP contribution in [0.3, 0.4) is 0 Å². The van der Waals surface area contributed by atoms with Gasteiger partial charge in [-0.15, -0.1) is 5.10 Å². The van der Waals surface area contributed by atoms with Crippen molar-refractivity contribution in [2.45, 2.75) is 0 Å². The maximum absolute atomic E-state index is 11.0. The van der Waals surface area contributed by atoms with Gasteiger partial charge < -0.3 is 5.32 Å². The van der Waals surface area contributed by atoms with Crippen LogP contribution in [0.25, 0.3) is 5.69 Å². The number of rotatable bonds is 3. The number of aromatic nitrogens is 4. The first-order valence-corrected chi connectivity index (χ1v) is 4.56. The van der Waals surface area contributed by atoms with Gasteiger partial charge in [-0.2, -0.15) is 0 Å². The van der Waals surface area contributed by atoms with Gasteiger partial charge in [0.15, 0.2) is 0 Å². The number of hydrogen-bond donors (Lipinski definition) is 1. The van der Waals surface area contributed by atoms with Gasteiger partial charge in [0.2, 0.25) is 5.91 Å². The second kappa shape index (κ2) is 4.35. The van der Waals surface area contributed by atoms with Gasteiger partial charge >= 0.3 is 0 Å². The summed E-state index contributed by atoms with van der Waals surface area (Å²) in [5.74, 6) is -0.241. The number of anilines is 1. The molecule has 0 aliphatic heterocycles. The van der Waals surface area contributed by atoms with Crippen molar-refractivity contribution in [1.29, 1.82) is 0 Å². The van der Waals surface area contributed by atoms with E-state index in [1.165, 1.54) is 17.1 Å². The van der Waals surface area contributed by atoms with Crippen LogP contribution < -0.4 is 5.32 Å². The highest BCUT2D eigenvalue weighted by Crippen LogP contribution is 2.11. The first-order chi connectivity index (χ1) is 7.79. The zero-order valence-corrected chi connectivity index (χ0v) is 8.37. The lowest BCUT2D eigenvalue weighted by Gasteiger charge is -2.03. The molecule has 0 saturated carbocycles. The molecule has 0 spiro atoms. The van der Waals surface area contributed by atoms with Crippen molar-refractivity contribution >= 4 is 11.6 Å². The number of hydrogen-bond acceptors (Lipinski definition) is 4. The quantitative estimate of drug-likeness (QED) is 0.768. The number of carbonyl (C=O) groups is 1. The monoisotopic (exact) mass is 215 g/mol. The molecule has 2 aromatic rings. The van der Waals surface area contributed by atoms with Crippen LogP contribution in [0, 0.1) is 0 Å². The van der Waals surface area contributed by atoms with E-state index in [4.69, 9.17) is 0 Å². The van der Waals surface area contributed by atoms with Gasteiger partial charge in [-0.05, 0) is 40.8 Å². The van der Waals surface area contributed by atoms with Crippen molar-refractivity contribution in [3.8, 4) is 5.69 Å². The van der Waals surface area contributed by atoms with Crippen LogP contribution in [0.5, 0.6) is 0 Å². The molecule has 0 aliphatic carbocycles. The molecule has 1 aromatic heterocycles. The average Bonchev–Trinajstić information content (AvgIpc) is 2.83. The summed E-state index contributed by atoms with van der Waals surface area (Å²) < 4.78 is 1.53. The highest BCUT2D eigenvalue weighted by atomic mass is 16.1. The molecule has 6 heteroatoms. The van der Waals surface area contributed by atoms with Gasteiger partial charge in [0.05, 0.1) is 5.69 Å². The number of benzene rings is 1. The lowest BCUT2D eigenvalue weighted by molar-refractivity contribution is -0.111. The van der Waals surface area contributed by atoms with Crippen molar-refractivity contribution in [3.05, 3.63) is 43.2 Å². The molecule has 0 bridgehead atoms. The highest BCUT2D eigenvalue weighted by molar-refractivity contribution is 5.98. The molecule has 2 rings (SSSR count). The summed E-state index contributed by atoms with van der Waals surface area (Å²) in [5, 5.41) is 13.5. The molecule has 0 radical (unpaired) electrons. The second-order valence-corrected chi connectivity index (χ2v) is 2.99. The van der Waals surface area contributed by atoms with E-state index in [1.54, 1.807) is 24.3 Å². The van der Waals surface area contributed by atoms with E-state index in [2.05, 4.69) is 27.4 Å². The Morgan fingerprint density at radius 3 is 2.69 bits per heavy atom. The number of amides is 1. The Morgan fingerprint density at radius 1 is 1.38 bits per heavy atom. The van der Waals surface area contributed by atoms with Crippen molar-refractivity contribution in [1.82, 2.24) is 20.2 Å². The van der Waals surface area contributed by atoms with Gasteiger partial charge in [-0.25, -0.2) is 4.68 Å². The molecule has 0 unspecified atom stereocenters. The average molecular weight is 215 g/mol. The van der Waals surface area contributed by atoms with Gasteiger partial charge in [0, 0.05) is 5.69 Å². The molecule has 1 heterocycles. The molecule has 1 N–H and O–H groups in total. The minimum Gasteiger partial charge on any atom is -0.323 e. The Balaban J connectivity index is 2.17. The van der Waals surface area contributed by atoms with E-state index in [1.807, 2.05) is 0 Å². The van der Waals surface area contributed by atoms with E-state index in [-0.39, 0.29) is 5.91 Å². The topological polar surface area (TPSA) is 72.7 Å². The Bertz CT molecular complexity index is 488.